The maximum absolute atomic E-state index is 13.3. The normalized spacial score (nSPS) is 51.0. The number of amides is 1. The van der Waals surface area contributed by atoms with Gasteiger partial charge >= 0.3 is 11.9 Å². The van der Waals surface area contributed by atoms with Crippen molar-refractivity contribution in [1.29, 1.82) is 0 Å². The molecule has 11 N–H and O–H groups in total. The summed E-state index contributed by atoms with van der Waals surface area (Å²) in [6.45, 7) is 12.1. The fourth-order valence-electron chi connectivity index (χ4n) is 15.8. The molecule has 3 saturated heterocycles. The fraction of sp³-hybridized carbons (Fsp3) is 0.902. The molecule has 8 rings (SSSR count). The summed E-state index contributed by atoms with van der Waals surface area (Å²) in [7, 11) is 1.39. The standard InChI is InChI=1S/C51H81NO20/c1-23(56)52-32-40(72-43-38(62)36(60)34(58)27(21-54)68-43)39(71-42-37(61)35(59)33(57)26(20-53)67-42)28(22-55)69-41(32)70-31-12-13-48(5)29(46(31,2)3)11-14-50(7)30(48)10-9-24-25-19-47(4,45(65)66-8)15-17-51(25,44(63)64)18-16-49(24,50)6/h9,25-43,53-55,57-62H,10-22H2,1-8H3,(H,52,56)(H,63,64). The second-order valence-electron chi connectivity index (χ2n) is 24.1. The molecule has 7 fully saturated rings. The summed E-state index contributed by atoms with van der Waals surface area (Å²) < 4.78 is 42.8. The lowest BCUT2D eigenvalue weighted by atomic mass is 9.33. The third-order valence-corrected chi connectivity index (χ3v) is 20.2. The third kappa shape index (κ3) is 8.78. The number of rotatable bonds is 12. The molecule has 410 valence electrons. The van der Waals surface area contributed by atoms with Crippen LogP contribution in [0.2, 0.25) is 0 Å². The molecule has 4 saturated carbocycles. The van der Waals surface area contributed by atoms with Crippen LogP contribution in [0.4, 0.5) is 0 Å². The van der Waals surface area contributed by atoms with Crippen LogP contribution in [0, 0.1) is 50.2 Å². The SMILES string of the molecule is COC(=O)C1(C)CCC2(C(=O)O)CCC3(C)C(=CCC4C5(C)CCC(OC6OC(CO)C(OC7OC(CO)C(O)C(O)C7O)C(OC7OC(CO)C(O)C(O)C7O)C6NC(C)=O)C(C)(C)C5CCC43C)C2C1. The van der Waals surface area contributed by atoms with Gasteiger partial charge in [-0.05, 0) is 111 Å². The molecule has 72 heavy (non-hydrogen) atoms. The number of nitrogens with one attached hydrogen (secondary N) is 1. The molecule has 0 spiro atoms. The Morgan fingerprint density at radius 3 is 1.76 bits per heavy atom. The van der Waals surface area contributed by atoms with E-state index in [1.807, 2.05) is 6.92 Å². The molecule has 0 bridgehead atoms. The van der Waals surface area contributed by atoms with E-state index in [0.29, 0.717) is 38.5 Å². The first-order valence-electron chi connectivity index (χ1n) is 25.9. The smallest absolute Gasteiger partial charge is 0.311 e. The number of carboxylic acid groups (broad SMARTS) is 1. The van der Waals surface area contributed by atoms with Crippen molar-refractivity contribution in [1.82, 2.24) is 5.32 Å². The molecule has 8 aliphatic rings. The van der Waals surface area contributed by atoms with Gasteiger partial charge in [-0.1, -0.05) is 46.3 Å². The summed E-state index contributed by atoms with van der Waals surface area (Å²) in [4.78, 5) is 39.8. The predicted octanol–water partition coefficient (Wildman–Crippen LogP) is 0.00310. The van der Waals surface area contributed by atoms with Gasteiger partial charge in [-0.3, -0.25) is 14.4 Å². The number of carboxylic acids is 1. The molecule has 24 unspecified atom stereocenters. The van der Waals surface area contributed by atoms with Crippen LogP contribution in [0.15, 0.2) is 11.6 Å². The molecule has 21 nitrogen and oxygen atoms in total. The number of carbonyl (C=O) groups is 3. The lowest BCUT2D eigenvalue weighted by molar-refractivity contribution is -0.380. The van der Waals surface area contributed by atoms with Crippen molar-refractivity contribution in [2.75, 3.05) is 26.9 Å². The highest BCUT2D eigenvalue weighted by Gasteiger charge is 2.70. The molecular weight excluding hydrogens is 947 g/mol. The van der Waals surface area contributed by atoms with Crippen LogP contribution in [-0.4, -0.2) is 194 Å². The molecular formula is C51H81NO20. The quantitative estimate of drug-likeness (QED) is 0.0696. The van der Waals surface area contributed by atoms with Gasteiger partial charge in [-0.2, -0.15) is 0 Å². The average molecular weight is 1030 g/mol. The van der Waals surface area contributed by atoms with Gasteiger partial charge in [0.2, 0.25) is 5.91 Å². The van der Waals surface area contributed by atoms with Crippen molar-refractivity contribution < 1.29 is 98.6 Å². The van der Waals surface area contributed by atoms with E-state index in [4.69, 9.17) is 33.2 Å². The predicted molar refractivity (Wildman–Crippen MR) is 249 cm³/mol. The van der Waals surface area contributed by atoms with E-state index in [-0.39, 0.29) is 40.0 Å². The fourth-order valence-corrected chi connectivity index (χ4v) is 15.8. The topological polar surface area (TPSA) is 330 Å². The van der Waals surface area contributed by atoms with Gasteiger partial charge in [0.25, 0.3) is 0 Å². The summed E-state index contributed by atoms with van der Waals surface area (Å²) >= 11 is 0. The molecule has 21 heteroatoms. The number of hydrogen-bond donors (Lipinski definition) is 11. The molecule has 0 aromatic heterocycles. The summed E-state index contributed by atoms with van der Waals surface area (Å²) in [5.74, 6) is -1.75. The minimum Gasteiger partial charge on any atom is -0.481 e. The number of aliphatic carboxylic acids is 1. The van der Waals surface area contributed by atoms with Crippen molar-refractivity contribution in [2.45, 2.75) is 211 Å². The third-order valence-electron chi connectivity index (χ3n) is 20.2. The van der Waals surface area contributed by atoms with Gasteiger partial charge in [0, 0.05) is 6.92 Å². The number of hydrogen-bond acceptors (Lipinski definition) is 19. The monoisotopic (exact) mass is 1030 g/mol. The maximum atomic E-state index is 13.3. The van der Waals surface area contributed by atoms with Crippen LogP contribution < -0.4 is 5.32 Å². The highest BCUT2D eigenvalue weighted by atomic mass is 16.8. The van der Waals surface area contributed by atoms with Crippen LogP contribution in [0.3, 0.4) is 0 Å². The lowest BCUT2D eigenvalue weighted by Crippen LogP contribution is -2.70. The zero-order valence-corrected chi connectivity index (χ0v) is 42.8. The summed E-state index contributed by atoms with van der Waals surface area (Å²) in [5, 5.41) is 109. The van der Waals surface area contributed by atoms with Crippen LogP contribution >= 0.6 is 0 Å². The minimum absolute atomic E-state index is 0.0826. The number of fused-ring (bicyclic) bond motifs is 7. The van der Waals surface area contributed by atoms with Crippen molar-refractivity contribution in [2.24, 2.45) is 50.2 Å². The minimum atomic E-state index is -1.93. The van der Waals surface area contributed by atoms with E-state index in [9.17, 15) is 65.4 Å². The summed E-state index contributed by atoms with van der Waals surface area (Å²) in [6.07, 6.45) is -15.5. The van der Waals surface area contributed by atoms with Gasteiger partial charge in [0.05, 0.1) is 43.9 Å². The van der Waals surface area contributed by atoms with E-state index in [0.717, 1.165) is 31.3 Å². The summed E-state index contributed by atoms with van der Waals surface area (Å²) in [5.41, 5.74) is -1.96. The van der Waals surface area contributed by atoms with Crippen LogP contribution in [0.1, 0.15) is 113 Å². The molecule has 5 aliphatic carbocycles. The van der Waals surface area contributed by atoms with Gasteiger partial charge in [0.15, 0.2) is 18.9 Å². The van der Waals surface area contributed by atoms with Crippen molar-refractivity contribution in [3.05, 3.63) is 11.6 Å². The Bertz CT molecular complexity index is 2040. The van der Waals surface area contributed by atoms with Gasteiger partial charge in [-0.25, -0.2) is 0 Å². The van der Waals surface area contributed by atoms with Crippen molar-refractivity contribution >= 4 is 17.8 Å². The highest BCUT2D eigenvalue weighted by molar-refractivity contribution is 5.80. The van der Waals surface area contributed by atoms with E-state index < -0.39 is 146 Å². The van der Waals surface area contributed by atoms with E-state index >= 15 is 0 Å². The van der Waals surface area contributed by atoms with Gasteiger partial charge < -0.3 is 89.5 Å². The molecule has 0 aromatic carbocycles. The Balaban J connectivity index is 1.10. The van der Waals surface area contributed by atoms with Crippen molar-refractivity contribution in [3.8, 4) is 0 Å². The van der Waals surface area contributed by atoms with Crippen molar-refractivity contribution in [3.63, 3.8) is 0 Å². The number of ether oxygens (including phenoxy) is 7. The Hall–Kier alpha value is -2.45. The number of methoxy groups -OCH3 is 1. The van der Waals surface area contributed by atoms with Crippen LogP contribution in [-0.2, 0) is 47.5 Å². The second-order valence-corrected chi connectivity index (χ2v) is 24.1. The molecule has 3 aliphatic heterocycles. The molecule has 1 amide bonds. The molecule has 24 atom stereocenters. The maximum Gasteiger partial charge on any atom is 0.311 e. The molecule has 3 heterocycles. The summed E-state index contributed by atoms with van der Waals surface area (Å²) in [6, 6.07) is -1.36. The number of aliphatic hydroxyl groups is 9. The average Bonchev–Trinajstić information content (AvgIpc) is 3.33. The molecule has 0 aromatic rings. The first kappa shape index (κ1) is 55.8. The first-order valence-corrected chi connectivity index (χ1v) is 25.9. The molecule has 0 radical (unpaired) electrons. The number of allylic oxidation sites excluding steroid dienone is 2. The zero-order chi connectivity index (χ0) is 52.8. The Labute approximate surface area is 420 Å². The Morgan fingerprint density at radius 1 is 0.667 bits per heavy atom. The van der Waals surface area contributed by atoms with E-state index in [2.05, 4.69) is 46.0 Å². The van der Waals surface area contributed by atoms with Crippen LogP contribution in [0.25, 0.3) is 0 Å². The second kappa shape index (κ2) is 20.2. The first-order chi connectivity index (χ1) is 33.7. The number of carbonyl (C=O) groups excluding carboxylic acids is 2. The highest BCUT2D eigenvalue weighted by Crippen LogP contribution is 2.76. The van der Waals surface area contributed by atoms with Gasteiger partial charge in [0.1, 0.15) is 73.2 Å². The Morgan fingerprint density at radius 2 is 1.22 bits per heavy atom. The number of aliphatic hydroxyl groups excluding tert-OH is 9. The zero-order valence-electron chi connectivity index (χ0n) is 42.8. The van der Waals surface area contributed by atoms with E-state index in [1.54, 1.807) is 0 Å². The Kier molecular flexibility index (Phi) is 15.6. The lowest BCUT2D eigenvalue weighted by Gasteiger charge is -2.71. The van der Waals surface area contributed by atoms with Crippen LogP contribution in [0.5, 0.6) is 0 Å². The van der Waals surface area contributed by atoms with Gasteiger partial charge in [-0.15, -0.1) is 0 Å². The largest absolute Gasteiger partial charge is 0.481 e. The van der Waals surface area contributed by atoms with E-state index in [1.165, 1.54) is 14.0 Å². The number of esters is 1.